The number of benzene rings is 2. The fourth-order valence-electron chi connectivity index (χ4n) is 5.38. The molecule has 4 rings (SSSR count). The molecular weight excluding hydrogens is 507 g/mol. The molecule has 0 heterocycles. The fourth-order valence-corrected chi connectivity index (χ4v) is 8.22. The predicted molar refractivity (Wildman–Crippen MR) is 123 cm³/mol. The highest BCUT2D eigenvalue weighted by Crippen LogP contribution is 2.53. The molecule has 2 aromatic carbocycles. The Morgan fingerprint density at radius 3 is 2.14 bits per heavy atom. The number of sulfone groups is 1. The topological polar surface area (TPSA) is 104 Å². The molecule has 2 atom stereocenters. The summed E-state index contributed by atoms with van der Waals surface area (Å²) in [5.74, 6) is -6.34. The second-order valence-corrected chi connectivity index (χ2v) is 12.4. The summed E-state index contributed by atoms with van der Waals surface area (Å²) in [4.78, 5) is 12.4. The third-order valence-corrected chi connectivity index (χ3v) is 10.2. The van der Waals surface area contributed by atoms with E-state index in [1.165, 1.54) is 26.0 Å². The largest absolute Gasteiger partial charge is 0.387 e. The standard InChI is InChI=1S/C24H25ClF3NO5S/c1-23(2,31)24(32)10-13-3-4-14(11-24)21(13)35(33,34)19-7-12(5-6-16(19)25)22(30)29-15-8-17(26)20(28)18(27)9-15/h5-9,13-14,21,31-32H,3-4,10-11H2,1-2H3,(H,29,30). The van der Waals surface area contributed by atoms with E-state index >= 15 is 0 Å². The number of amides is 1. The van der Waals surface area contributed by atoms with Gasteiger partial charge in [-0.3, -0.25) is 4.79 Å². The molecule has 6 nitrogen and oxygen atoms in total. The zero-order valence-electron chi connectivity index (χ0n) is 19.0. The van der Waals surface area contributed by atoms with Crippen molar-refractivity contribution in [3.05, 3.63) is 58.4 Å². The minimum Gasteiger partial charge on any atom is -0.387 e. The van der Waals surface area contributed by atoms with Gasteiger partial charge in [-0.05, 0) is 69.6 Å². The number of halogens is 4. The van der Waals surface area contributed by atoms with Crippen LogP contribution in [0, 0.1) is 29.3 Å². The lowest BCUT2D eigenvalue weighted by Crippen LogP contribution is -2.57. The van der Waals surface area contributed by atoms with Crippen LogP contribution in [0.4, 0.5) is 18.9 Å². The van der Waals surface area contributed by atoms with Gasteiger partial charge in [0.1, 0.15) is 0 Å². The molecule has 0 saturated heterocycles. The second kappa shape index (κ2) is 8.76. The van der Waals surface area contributed by atoms with Gasteiger partial charge in [0.25, 0.3) is 5.91 Å². The van der Waals surface area contributed by atoms with Crippen molar-refractivity contribution in [2.45, 2.75) is 60.9 Å². The highest BCUT2D eigenvalue weighted by Gasteiger charge is 2.58. The summed E-state index contributed by atoms with van der Waals surface area (Å²) in [6.45, 7) is 3.00. The first kappa shape index (κ1) is 25.9. The average Bonchev–Trinajstić information content (AvgIpc) is 3.04. The molecule has 2 aliphatic rings. The average molecular weight is 532 g/mol. The number of nitrogens with one attached hydrogen (secondary N) is 1. The predicted octanol–water partition coefficient (Wildman–Crippen LogP) is 4.47. The molecule has 11 heteroatoms. The first-order valence-corrected chi connectivity index (χ1v) is 13.0. The maximum absolute atomic E-state index is 13.7. The number of aliphatic hydroxyl groups is 2. The van der Waals surface area contributed by atoms with Gasteiger partial charge < -0.3 is 15.5 Å². The zero-order valence-corrected chi connectivity index (χ0v) is 20.6. The van der Waals surface area contributed by atoms with E-state index in [4.69, 9.17) is 11.6 Å². The maximum Gasteiger partial charge on any atom is 0.255 e. The van der Waals surface area contributed by atoms with E-state index in [0.29, 0.717) is 25.0 Å². The number of carbonyl (C=O) groups excluding carboxylic acids is 1. The van der Waals surface area contributed by atoms with Gasteiger partial charge in [-0.2, -0.15) is 0 Å². The van der Waals surface area contributed by atoms with Crippen LogP contribution < -0.4 is 5.32 Å². The molecule has 0 spiro atoms. The molecule has 2 fully saturated rings. The molecule has 2 aromatic rings. The van der Waals surface area contributed by atoms with Crippen molar-refractivity contribution in [2.24, 2.45) is 11.8 Å². The van der Waals surface area contributed by atoms with Crippen molar-refractivity contribution in [3.8, 4) is 0 Å². The van der Waals surface area contributed by atoms with Crippen molar-refractivity contribution in [1.82, 2.24) is 0 Å². The summed E-state index contributed by atoms with van der Waals surface area (Å²) in [6.07, 6.45) is 1.34. The minimum absolute atomic E-state index is 0.0943. The Morgan fingerprint density at radius 1 is 1.09 bits per heavy atom. The summed E-state index contributed by atoms with van der Waals surface area (Å²) in [5, 5.41) is 22.7. The maximum atomic E-state index is 13.7. The molecule has 0 aromatic heterocycles. The van der Waals surface area contributed by atoms with Gasteiger partial charge in [-0.25, -0.2) is 21.6 Å². The van der Waals surface area contributed by atoms with E-state index < -0.39 is 61.5 Å². The number of carbonyl (C=O) groups is 1. The van der Waals surface area contributed by atoms with Gasteiger partial charge in [0.05, 0.1) is 26.4 Å². The summed E-state index contributed by atoms with van der Waals surface area (Å²) < 4.78 is 67.5. The highest BCUT2D eigenvalue weighted by molar-refractivity contribution is 7.92. The Balaban J connectivity index is 1.63. The molecular formula is C24H25ClF3NO5S. The first-order chi connectivity index (χ1) is 16.1. The van der Waals surface area contributed by atoms with Gasteiger partial charge in [-0.1, -0.05) is 11.6 Å². The number of anilines is 1. The Labute approximate surface area is 206 Å². The lowest BCUT2D eigenvalue weighted by molar-refractivity contribution is -0.159. The smallest absolute Gasteiger partial charge is 0.255 e. The van der Waals surface area contributed by atoms with E-state index in [0.717, 1.165) is 6.07 Å². The minimum atomic E-state index is -4.05. The summed E-state index contributed by atoms with van der Waals surface area (Å²) in [7, 11) is -4.05. The third kappa shape index (κ3) is 4.57. The summed E-state index contributed by atoms with van der Waals surface area (Å²) >= 11 is 6.23. The van der Waals surface area contributed by atoms with Crippen molar-refractivity contribution in [2.75, 3.05) is 5.32 Å². The van der Waals surface area contributed by atoms with Gasteiger partial charge >= 0.3 is 0 Å². The normalized spacial score (nSPS) is 26.6. The number of hydrogen-bond donors (Lipinski definition) is 3. The lowest BCUT2D eigenvalue weighted by atomic mass is 9.69. The summed E-state index contributed by atoms with van der Waals surface area (Å²) in [6, 6.07) is 4.81. The van der Waals surface area contributed by atoms with Crippen molar-refractivity contribution < 1.29 is 36.6 Å². The molecule has 1 amide bonds. The van der Waals surface area contributed by atoms with Gasteiger partial charge in [0.2, 0.25) is 0 Å². The first-order valence-electron chi connectivity index (χ1n) is 11.1. The van der Waals surface area contributed by atoms with Crippen molar-refractivity contribution >= 4 is 33.0 Å². The van der Waals surface area contributed by atoms with Crippen LogP contribution in [0.5, 0.6) is 0 Å². The van der Waals surface area contributed by atoms with Crippen molar-refractivity contribution in [1.29, 1.82) is 0 Å². The molecule has 190 valence electrons. The van der Waals surface area contributed by atoms with Gasteiger partial charge in [0, 0.05) is 23.4 Å². The van der Waals surface area contributed by atoms with Crippen LogP contribution in [0.3, 0.4) is 0 Å². The molecule has 2 bridgehead atoms. The number of rotatable bonds is 5. The lowest BCUT2D eigenvalue weighted by Gasteiger charge is -2.47. The Kier molecular flexibility index (Phi) is 6.49. The molecule has 2 saturated carbocycles. The summed E-state index contributed by atoms with van der Waals surface area (Å²) in [5.41, 5.74) is -3.30. The Bertz CT molecular complexity index is 1260. The molecule has 35 heavy (non-hydrogen) atoms. The molecule has 2 aliphatic carbocycles. The molecule has 2 unspecified atom stereocenters. The van der Waals surface area contributed by atoms with E-state index in [9.17, 15) is 36.6 Å². The van der Waals surface area contributed by atoms with E-state index in [-0.39, 0.29) is 34.0 Å². The highest BCUT2D eigenvalue weighted by atomic mass is 35.5. The fraction of sp³-hybridized carbons (Fsp3) is 0.458. The Morgan fingerprint density at radius 2 is 1.63 bits per heavy atom. The van der Waals surface area contributed by atoms with Crippen molar-refractivity contribution in [3.63, 3.8) is 0 Å². The van der Waals surface area contributed by atoms with Crippen LogP contribution in [0.15, 0.2) is 35.2 Å². The second-order valence-electron chi connectivity index (χ2n) is 9.96. The molecule has 3 N–H and O–H groups in total. The van der Waals surface area contributed by atoms with Gasteiger partial charge in [-0.15, -0.1) is 0 Å². The molecule has 0 aliphatic heterocycles. The van der Waals surface area contributed by atoms with Gasteiger partial charge in [0.15, 0.2) is 27.3 Å². The van der Waals surface area contributed by atoms with Crippen LogP contribution in [0.25, 0.3) is 0 Å². The zero-order chi connectivity index (χ0) is 25.9. The van der Waals surface area contributed by atoms with E-state index in [2.05, 4.69) is 5.32 Å². The van der Waals surface area contributed by atoms with Crippen LogP contribution in [0.1, 0.15) is 49.9 Å². The Hall–Kier alpha value is -2.14. The molecule has 0 radical (unpaired) electrons. The number of fused-ring (bicyclic) bond motifs is 2. The van der Waals surface area contributed by atoms with Crippen LogP contribution in [-0.2, 0) is 9.84 Å². The van der Waals surface area contributed by atoms with Crippen LogP contribution >= 0.6 is 11.6 Å². The monoisotopic (exact) mass is 531 g/mol. The van der Waals surface area contributed by atoms with Crippen LogP contribution in [0.2, 0.25) is 5.02 Å². The number of hydrogen-bond acceptors (Lipinski definition) is 5. The SMILES string of the molecule is CC(C)(O)C1(O)CC2CCC(C1)C2S(=O)(=O)c1cc(C(=O)Nc2cc(F)c(F)c(F)c2)ccc1Cl. The quantitative estimate of drug-likeness (QED) is 0.494. The van der Waals surface area contributed by atoms with E-state index in [1.54, 1.807) is 0 Å². The van der Waals surface area contributed by atoms with E-state index in [1.807, 2.05) is 0 Å². The van der Waals surface area contributed by atoms with Crippen LogP contribution in [-0.4, -0.2) is 41.0 Å². The third-order valence-electron chi connectivity index (χ3n) is 7.28.